The average Bonchev–Trinajstić information content (AvgIpc) is 3.32. The van der Waals surface area contributed by atoms with Crippen LogP contribution >= 0.6 is 0 Å². The lowest BCUT2D eigenvalue weighted by molar-refractivity contribution is -0.143. The van der Waals surface area contributed by atoms with Crippen molar-refractivity contribution in [3.05, 3.63) is 77.4 Å². The number of aliphatic hydroxyl groups is 1. The number of carbonyl (C=O) groups excluding carboxylic acids is 3. The molecular formula is C30H33N3O6. The van der Waals surface area contributed by atoms with Gasteiger partial charge in [-0.1, -0.05) is 24.3 Å². The van der Waals surface area contributed by atoms with Gasteiger partial charge in [-0.2, -0.15) is 0 Å². The molecule has 5 rings (SSSR count). The summed E-state index contributed by atoms with van der Waals surface area (Å²) in [7, 11) is 1.55. The molecule has 9 heteroatoms. The molecular weight excluding hydrogens is 498 g/mol. The molecule has 0 saturated carbocycles. The van der Waals surface area contributed by atoms with Crippen molar-refractivity contribution < 1.29 is 29.0 Å². The van der Waals surface area contributed by atoms with E-state index in [1.165, 1.54) is 9.80 Å². The van der Waals surface area contributed by atoms with Crippen molar-refractivity contribution in [2.75, 3.05) is 57.9 Å². The number of nitrogens with zero attached hydrogens (tertiary/aromatic N) is 3. The number of rotatable bonds is 8. The number of likely N-dealkylation sites (tertiary alicyclic amines) is 1. The van der Waals surface area contributed by atoms with E-state index in [0.29, 0.717) is 48.7 Å². The number of amides is 2. The number of fused-ring (bicyclic) bond motifs is 2. The molecule has 0 radical (unpaired) electrons. The molecule has 1 N–H and O–H groups in total. The first-order valence-corrected chi connectivity index (χ1v) is 13.1. The molecule has 1 spiro atoms. The Bertz CT molecular complexity index is 1360. The van der Waals surface area contributed by atoms with Gasteiger partial charge in [0.05, 0.1) is 31.6 Å². The van der Waals surface area contributed by atoms with Crippen molar-refractivity contribution in [3.63, 3.8) is 0 Å². The predicted molar refractivity (Wildman–Crippen MR) is 147 cm³/mol. The summed E-state index contributed by atoms with van der Waals surface area (Å²) in [6, 6.07) is 12.1. The van der Waals surface area contributed by atoms with Crippen LogP contribution < -0.4 is 9.64 Å². The molecule has 3 heterocycles. The number of morpholine rings is 1. The van der Waals surface area contributed by atoms with Crippen LogP contribution in [0.1, 0.15) is 23.1 Å². The van der Waals surface area contributed by atoms with E-state index in [9.17, 15) is 19.5 Å². The van der Waals surface area contributed by atoms with Crippen LogP contribution in [-0.4, -0.2) is 85.6 Å². The highest BCUT2D eigenvalue weighted by Crippen LogP contribution is 2.53. The number of Topliss-reactive ketones (excluding diaryl/α,β-unsaturated/α-hetero) is 1. The van der Waals surface area contributed by atoms with Crippen LogP contribution in [0.3, 0.4) is 0 Å². The zero-order chi connectivity index (χ0) is 27.7. The summed E-state index contributed by atoms with van der Waals surface area (Å²) in [5.74, 6) is -1.91. The Balaban J connectivity index is 1.66. The third-order valence-corrected chi connectivity index (χ3v) is 7.75. The van der Waals surface area contributed by atoms with Crippen molar-refractivity contribution in [3.8, 4) is 5.75 Å². The minimum Gasteiger partial charge on any atom is -0.507 e. The molecule has 2 saturated heterocycles. The van der Waals surface area contributed by atoms with E-state index in [0.717, 1.165) is 18.7 Å². The minimum absolute atomic E-state index is 0.169. The van der Waals surface area contributed by atoms with E-state index in [2.05, 4.69) is 11.5 Å². The molecule has 3 aliphatic heterocycles. The van der Waals surface area contributed by atoms with Gasteiger partial charge >= 0.3 is 0 Å². The third-order valence-electron chi connectivity index (χ3n) is 7.75. The number of hydrogen-bond donors (Lipinski definition) is 1. The summed E-state index contributed by atoms with van der Waals surface area (Å²) < 4.78 is 10.8. The van der Waals surface area contributed by atoms with Gasteiger partial charge < -0.3 is 24.4 Å². The lowest BCUT2D eigenvalue weighted by Crippen LogP contribution is -2.52. The third kappa shape index (κ3) is 4.22. The first-order chi connectivity index (χ1) is 18.9. The van der Waals surface area contributed by atoms with Gasteiger partial charge in [-0.05, 0) is 43.2 Å². The van der Waals surface area contributed by atoms with Crippen LogP contribution in [0.4, 0.5) is 5.69 Å². The molecule has 0 bridgehead atoms. The second-order valence-corrected chi connectivity index (χ2v) is 9.93. The van der Waals surface area contributed by atoms with Crippen LogP contribution in [0.2, 0.25) is 0 Å². The van der Waals surface area contributed by atoms with Gasteiger partial charge in [-0.3, -0.25) is 19.3 Å². The fourth-order valence-electron chi connectivity index (χ4n) is 5.92. The Morgan fingerprint density at radius 3 is 2.56 bits per heavy atom. The Labute approximate surface area is 227 Å². The standard InChI is InChI=1S/C30H33N3O6/c1-4-12-32-23-9-6-5-8-22(23)30(29(32)37)25(26(34)21-10-11-24(38-3)20(2)19-21)27(35)28(36)33(30)14-7-13-31-15-17-39-18-16-31/h4-6,8-11,19,34H,1,7,12-18H2,2-3H3/b26-25-. The molecule has 9 nitrogen and oxygen atoms in total. The number of methoxy groups -OCH3 is 1. The summed E-state index contributed by atoms with van der Waals surface area (Å²) in [6.07, 6.45) is 2.15. The second-order valence-electron chi connectivity index (χ2n) is 9.93. The van der Waals surface area contributed by atoms with E-state index >= 15 is 0 Å². The molecule has 1 unspecified atom stereocenters. The number of anilines is 1. The average molecular weight is 532 g/mol. The van der Waals surface area contributed by atoms with Crippen molar-refractivity contribution in [1.29, 1.82) is 0 Å². The van der Waals surface area contributed by atoms with Crippen molar-refractivity contribution >= 4 is 29.0 Å². The highest BCUT2D eigenvalue weighted by atomic mass is 16.5. The predicted octanol–water partition coefficient (Wildman–Crippen LogP) is 2.83. The summed E-state index contributed by atoms with van der Waals surface area (Å²) in [6.45, 7) is 9.53. The van der Waals surface area contributed by atoms with Crippen LogP contribution in [0, 0.1) is 6.92 Å². The lowest BCUT2D eigenvalue weighted by Gasteiger charge is -2.35. The van der Waals surface area contributed by atoms with Crippen molar-refractivity contribution in [2.45, 2.75) is 18.9 Å². The van der Waals surface area contributed by atoms with Gasteiger partial charge in [-0.25, -0.2) is 0 Å². The van der Waals surface area contributed by atoms with Crippen molar-refractivity contribution in [1.82, 2.24) is 9.80 Å². The van der Waals surface area contributed by atoms with E-state index in [-0.39, 0.29) is 18.7 Å². The van der Waals surface area contributed by atoms with E-state index in [1.54, 1.807) is 55.7 Å². The Hall–Kier alpha value is -3.95. The van der Waals surface area contributed by atoms with Gasteiger partial charge in [0.25, 0.3) is 17.6 Å². The summed E-state index contributed by atoms with van der Waals surface area (Å²) in [5.41, 5.74) is 0.144. The molecule has 2 amide bonds. The Kier molecular flexibility index (Phi) is 7.29. The van der Waals surface area contributed by atoms with E-state index in [1.807, 2.05) is 6.92 Å². The smallest absolute Gasteiger partial charge is 0.296 e. The highest BCUT2D eigenvalue weighted by Gasteiger charge is 2.66. The van der Waals surface area contributed by atoms with Gasteiger partial charge in [0.15, 0.2) is 5.54 Å². The molecule has 0 aliphatic carbocycles. The van der Waals surface area contributed by atoms with Gasteiger partial charge in [-0.15, -0.1) is 6.58 Å². The summed E-state index contributed by atoms with van der Waals surface area (Å²) >= 11 is 0. The molecule has 3 aliphatic rings. The van der Waals surface area contributed by atoms with Crippen LogP contribution in [0.25, 0.3) is 5.76 Å². The summed E-state index contributed by atoms with van der Waals surface area (Å²) in [4.78, 5) is 46.9. The number of benzene rings is 2. The molecule has 2 fully saturated rings. The quantitative estimate of drug-likeness (QED) is 0.242. The number of aliphatic hydroxyl groups excluding tert-OH is 1. The number of para-hydroxylation sites is 1. The fraction of sp³-hybridized carbons (Fsp3) is 0.367. The van der Waals surface area contributed by atoms with Gasteiger partial charge in [0.2, 0.25) is 0 Å². The monoisotopic (exact) mass is 531 g/mol. The molecule has 2 aromatic carbocycles. The molecule has 2 aromatic rings. The van der Waals surface area contributed by atoms with Gasteiger partial charge in [0.1, 0.15) is 11.5 Å². The second kappa shape index (κ2) is 10.7. The Morgan fingerprint density at radius 1 is 1.13 bits per heavy atom. The topological polar surface area (TPSA) is 99.6 Å². The van der Waals surface area contributed by atoms with Crippen LogP contribution in [0.5, 0.6) is 5.75 Å². The highest BCUT2D eigenvalue weighted by molar-refractivity contribution is 6.50. The van der Waals surface area contributed by atoms with Crippen molar-refractivity contribution in [2.24, 2.45) is 0 Å². The molecule has 204 valence electrons. The Morgan fingerprint density at radius 2 is 1.87 bits per heavy atom. The van der Waals surface area contributed by atoms with E-state index in [4.69, 9.17) is 9.47 Å². The zero-order valence-electron chi connectivity index (χ0n) is 22.3. The minimum atomic E-state index is -1.78. The molecule has 0 aromatic heterocycles. The van der Waals surface area contributed by atoms with Crippen LogP contribution in [0.15, 0.2) is 60.7 Å². The van der Waals surface area contributed by atoms with Gasteiger partial charge in [0, 0.05) is 43.9 Å². The number of ether oxygens (including phenoxy) is 2. The maximum absolute atomic E-state index is 14.4. The fourth-order valence-corrected chi connectivity index (χ4v) is 5.92. The zero-order valence-corrected chi connectivity index (χ0v) is 22.3. The van der Waals surface area contributed by atoms with Crippen LogP contribution in [-0.2, 0) is 24.7 Å². The number of carbonyl (C=O) groups is 3. The molecule has 1 atom stereocenters. The lowest BCUT2D eigenvalue weighted by atomic mass is 9.81. The summed E-state index contributed by atoms with van der Waals surface area (Å²) in [5, 5.41) is 11.7. The first kappa shape index (κ1) is 26.6. The number of hydrogen-bond acceptors (Lipinski definition) is 7. The normalized spacial score (nSPS) is 22.6. The number of aryl methyl sites for hydroxylation is 1. The first-order valence-electron chi connectivity index (χ1n) is 13.1. The SMILES string of the molecule is C=CCN1C(=O)C2(/C(=C(\O)c3ccc(OC)c(C)c3)C(=O)C(=O)N2CCCN2CCOCC2)c2ccccc21. The van der Waals surface area contributed by atoms with E-state index < -0.39 is 28.9 Å². The maximum atomic E-state index is 14.4. The maximum Gasteiger partial charge on any atom is 0.296 e. The number of ketones is 1. The molecule has 39 heavy (non-hydrogen) atoms. The largest absolute Gasteiger partial charge is 0.507 e.